The summed E-state index contributed by atoms with van der Waals surface area (Å²) in [7, 11) is 0. The molecule has 1 aliphatic rings. The molecule has 1 saturated heterocycles. The van der Waals surface area contributed by atoms with Gasteiger partial charge in [-0.3, -0.25) is 0 Å². The Morgan fingerprint density at radius 3 is 2.83 bits per heavy atom. The van der Waals surface area contributed by atoms with Crippen LogP contribution in [0.5, 0.6) is 0 Å². The van der Waals surface area contributed by atoms with Crippen LogP contribution < -0.4 is 10.6 Å². The Morgan fingerprint density at radius 2 is 2.11 bits per heavy atom. The van der Waals surface area contributed by atoms with E-state index in [-0.39, 0.29) is 0 Å². The molecule has 0 bridgehead atoms. The summed E-state index contributed by atoms with van der Waals surface area (Å²) in [6.07, 6.45) is 5.16. The zero-order valence-corrected chi connectivity index (χ0v) is 11.7. The number of nitrogens with one attached hydrogen (secondary N) is 2. The summed E-state index contributed by atoms with van der Waals surface area (Å²) in [4.78, 5) is 0. The molecule has 2 rings (SSSR count). The van der Waals surface area contributed by atoms with E-state index in [1.807, 2.05) is 0 Å². The number of para-hydroxylation sites is 1. The second-order valence-electron chi connectivity index (χ2n) is 5.70. The minimum Gasteiger partial charge on any atom is -0.385 e. The lowest BCUT2D eigenvalue weighted by Gasteiger charge is -2.26. The number of rotatable bonds is 5. The van der Waals surface area contributed by atoms with Crippen molar-refractivity contribution in [2.45, 2.75) is 45.6 Å². The van der Waals surface area contributed by atoms with Gasteiger partial charge in [-0.05, 0) is 43.4 Å². The average Bonchev–Trinajstić information content (AvgIpc) is 2.40. The van der Waals surface area contributed by atoms with E-state index in [4.69, 9.17) is 0 Å². The van der Waals surface area contributed by atoms with E-state index in [1.165, 1.54) is 36.9 Å². The summed E-state index contributed by atoms with van der Waals surface area (Å²) in [5, 5.41) is 7.24. The van der Waals surface area contributed by atoms with Gasteiger partial charge in [0.15, 0.2) is 0 Å². The molecule has 1 aliphatic heterocycles. The topological polar surface area (TPSA) is 24.1 Å². The molecule has 2 N–H and O–H groups in total. The van der Waals surface area contributed by atoms with Crippen molar-refractivity contribution in [1.82, 2.24) is 5.32 Å². The van der Waals surface area contributed by atoms with Crippen LogP contribution in [-0.2, 0) is 0 Å². The van der Waals surface area contributed by atoms with Crippen LogP contribution in [0.2, 0.25) is 0 Å². The lowest BCUT2D eigenvalue weighted by molar-refractivity contribution is 0.413. The van der Waals surface area contributed by atoms with Crippen molar-refractivity contribution in [3.05, 3.63) is 29.8 Å². The van der Waals surface area contributed by atoms with Crippen molar-refractivity contribution in [3.63, 3.8) is 0 Å². The Bertz CT molecular complexity index is 354. The van der Waals surface area contributed by atoms with Crippen LogP contribution >= 0.6 is 0 Å². The number of anilines is 1. The van der Waals surface area contributed by atoms with Crippen molar-refractivity contribution in [2.24, 2.45) is 5.92 Å². The normalized spacial score (nSPS) is 20.1. The van der Waals surface area contributed by atoms with Gasteiger partial charge in [-0.15, -0.1) is 0 Å². The van der Waals surface area contributed by atoms with Gasteiger partial charge in [-0.2, -0.15) is 0 Å². The first-order valence-corrected chi connectivity index (χ1v) is 7.33. The Labute approximate surface area is 111 Å². The molecule has 0 spiro atoms. The summed E-state index contributed by atoms with van der Waals surface area (Å²) in [5.41, 5.74) is 2.76. The fourth-order valence-corrected chi connectivity index (χ4v) is 2.57. The molecule has 0 aliphatic carbocycles. The number of benzene rings is 1. The smallest absolute Gasteiger partial charge is 0.0388 e. The summed E-state index contributed by atoms with van der Waals surface area (Å²) in [6, 6.07) is 9.30. The van der Waals surface area contributed by atoms with Crippen LogP contribution in [0, 0.1) is 5.92 Å². The molecule has 2 heteroatoms. The van der Waals surface area contributed by atoms with E-state index >= 15 is 0 Å². The average molecular weight is 246 g/mol. The highest BCUT2D eigenvalue weighted by molar-refractivity contribution is 5.52. The van der Waals surface area contributed by atoms with Crippen molar-refractivity contribution < 1.29 is 0 Å². The molecule has 18 heavy (non-hydrogen) atoms. The number of hydrogen-bond acceptors (Lipinski definition) is 2. The molecule has 0 unspecified atom stereocenters. The Balaban J connectivity index is 2.00. The van der Waals surface area contributed by atoms with E-state index in [2.05, 4.69) is 48.7 Å². The third kappa shape index (κ3) is 3.74. The summed E-state index contributed by atoms with van der Waals surface area (Å²) >= 11 is 0. The summed E-state index contributed by atoms with van der Waals surface area (Å²) < 4.78 is 0. The molecule has 0 radical (unpaired) electrons. The highest BCUT2D eigenvalue weighted by atomic mass is 14.9. The van der Waals surface area contributed by atoms with E-state index in [0.717, 1.165) is 19.0 Å². The van der Waals surface area contributed by atoms with Crippen molar-refractivity contribution in [3.8, 4) is 0 Å². The minimum absolute atomic E-state index is 0.543. The maximum atomic E-state index is 3.63. The summed E-state index contributed by atoms with van der Waals surface area (Å²) in [6.45, 7) is 6.78. The molecule has 1 atom stereocenters. The molecule has 0 saturated carbocycles. The monoisotopic (exact) mass is 246 g/mol. The molecule has 1 aromatic carbocycles. The zero-order valence-electron chi connectivity index (χ0n) is 11.7. The van der Waals surface area contributed by atoms with Gasteiger partial charge in [0, 0.05) is 18.3 Å². The molecule has 2 nitrogen and oxygen atoms in total. The van der Waals surface area contributed by atoms with Gasteiger partial charge in [0.1, 0.15) is 0 Å². The largest absolute Gasteiger partial charge is 0.385 e. The molecule has 1 fully saturated rings. The molecular formula is C16H26N2. The van der Waals surface area contributed by atoms with E-state index in [1.54, 1.807) is 0 Å². The fourth-order valence-electron chi connectivity index (χ4n) is 2.57. The minimum atomic E-state index is 0.543. The van der Waals surface area contributed by atoms with E-state index in [0.29, 0.717) is 6.04 Å². The lowest BCUT2D eigenvalue weighted by Crippen LogP contribution is -2.27. The zero-order chi connectivity index (χ0) is 12.8. The molecule has 1 heterocycles. The van der Waals surface area contributed by atoms with Crippen molar-refractivity contribution >= 4 is 5.69 Å². The van der Waals surface area contributed by atoms with Gasteiger partial charge in [0.05, 0.1) is 0 Å². The molecule has 0 amide bonds. The second-order valence-corrected chi connectivity index (χ2v) is 5.70. The van der Waals surface area contributed by atoms with Crippen molar-refractivity contribution in [1.29, 1.82) is 0 Å². The van der Waals surface area contributed by atoms with Crippen molar-refractivity contribution in [2.75, 3.05) is 18.4 Å². The van der Waals surface area contributed by atoms with Crippen LogP contribution in [0.1, 0.15) is 51.1 Å². The SMILES string of the molecule is CC(C)CCNc1ccccc1[C@@H]1CCCCN1. The fraction of sp³-hybridized carbons (Fsp3) is 0.625. The molecule has 100 valence electrons. The van der Waals surface area contributed by atoms with Gasteiger partial charge in [-0.25, -0.2) is 0 Å². The maximum Gasteiger partial charge on any atom is 0.0388 e. The van der Waals surface area contributed by atoms with E-state index in [9.17, 15) is 0 Å². The quantitative estimate of drug-likeness (QED) is 0.821. The van der Waals surface area contributed by atoms with Gasteiger partial charge in [-0.1, -0.05) is 38.5 Å². The Hall–Kier alpha value is -1.02. The first-order valence-electron chi connectivity index (χ1n) is 7.33. The number of piperidine rings is 1. The van der Waals surface area contributed by atoms with Gasteiger partial charge < -0.3 is 10.6 Å². The highest BCUT2D eigenvalue weighted by Gasteiger charge is 2.17. The first kappa shape index (κ1) is 13.4. The summed E-state index contributed by atoms with van der Waals surface area (Å²) in [5.74, 6) is 0.762. The standard InChI is InChI=1S/C16H26N2/c1-13(2)10-12-18-16-8-4-3-7-14(16)15-9-5-6-11-17-15/h3-4,7-8,13,15,17-18H,5-6,9-12H2,1-2H3/t15-/m0/s1. The van der Waals surface area contributed by atoms with Gasteiger partial charge >= 0.3 is 0 Å². The van der Waals surface area contributed by atoms with Crippen LogP contribution in [0.4, 0.5) is 5.69 Å². The third-order valence-electron chi connectivity index (χ3n) is 3.68. The maximum absolute atomic E-state index is 3.63. The van der Waals surface area contributed by atoms with Gasteiger partial charge in [0.25, 0.3) is 0 Å². The second kappa shape index (κ2) is 6.79. The highest BCUT2D eigenvalue weighted by Crippen LogP contribution is 2.28. The van der Waals surface area contributed by atoms with Crippen LogP contribution in [0.15, 0.2) is 24.3 Å². The lowest BCUT2D eigenvalue weighted by atomic mass is 9.96. The Kier molecular flexibility index (Phi) is 5.06. The number of hydrogen-bond donors (Lipinski definition) is 2. The first-order chi connectivity index (χ1) is 8.77. The van der Waals surface area contributed by atoms with Crippen LogP contribution in [-0.4, -0.2) is 13.1 Å². The van der Waals surface area contributed by atoms with Gasteiger partial charge in [0.2, 0.25) is 0 Å². The predicted molar refractivity (Wildman–Crippen MR) is 79.0 cm³/mol. The Morgan fingerprint density at radius 1 is 1.28 bits per heavy atom. The van der Waals surface area contributed by atoms with Crippen LogP contribution in [0.3, 0.4) is 0 Å². The predicted octanol–water partition coefficient (Wildman–Crippen LogP) is 3.96. The molecule has 1 aromatic rings. The van der Waals surface area contributed by atoms with E-state index < -0.39 is 0 Å². The molecule has 0 aromatic heterocycles. The molecular weight excluding hydrogens is 220 g/mol. The third-order valence-corrected chi connectivity index (χ3v) is 3.68. The van der Waals surface area contributed by atoms with Crippen LogP contribution in [0.25, 0.3) is 0 Å².